The van der Waals surface area contributed by atoms with Gasteiger partial charge in [0.2, 0.25) is 11.8 Å². The van der Waals surface area contributed by atoms with Crippen molar-refractivity contribution in [2.75, 3.05) is 4.90 Å². The number of benzene rings is 3. The summed E-state index contributed by atoms with van der Waals surface area (Å²) in [7, 11) is 0. The Morgan fingerprint density at radius 2 is 1.43 bits per heavy atom. The number of amides is 3. The molecule has 4 atom stereocenters. The largest absolute Gasteiger partial charge is 0.306 e. The molecule has 0 radical (unpaired) electrons. The van der Waals surface area contributed by atoms with Crippen molar-refractivity contribution >= 4 is 23.4 Å². The Bertz CT molecular complexity index is 1340. The molecule has 6 nitrogen and oxygen atoms in total. The second kappa shape index (κ2) is 7.85. The smallest absolute Gasteiger partial charge is 0.253 e. The van der Waals surface area contributed by atoms with Crippen molar-refractivity contribution in [3.63, 3.8) is 0 Å². The molecule has 1 spiro atoms. The van der Waals surface area contributed by atoms with E-state index in [9.17, 15) is 18.8 Å². The van der Waals surface area contributed by atoms with Gasteiger partial charge in [-0.25, -0.2) is 4.39 Å². The third-order valence-electron chi connectivity index (χ3n) is 7.54. The molecule has 3 heterocycles. The average Bonchev–Trinajstić information content (AvgIpc) is 3.40. The lowest BCUT2D eigenvalue weighted by Gasteiger charge is -2.30. The summed E-state index contributed by atoms with van der Waals surface area (Å²) in [4.78, 5) is 44.4. The number of hydrogen-bond donors (Lipinski definition) is 1. The van der Waals surface area contributed by atoms with Gasteiger partial charge in [0, 0.05) is 17.3 Å². The fourth-order valence-electron chi connectivity index (χ4n) is 6.02. The molecule has 176 valence electrons. The zero-order valence-corrected chi connectivity index (χ0v) is 19.1. The number of likely N-dealkylation sites (tertiary alicyclic amines) is 1. The summed E-state index contributed by atoms with van der Waals surface area (Å²) in [6, 6.07) is 22.5. The van der Waals surface area contributed by atoms with Crippen LogP contribution in [0.1, 0.15) is 23.6 Å². The second-order valence-electron chi connectivity index (χ2n) is 9.53. The van der Waals surface area contributed by atoms with Gasteiger partial charge in [-0.15, -0.1) is 0 Å². The number of halogens is 1. The molecular formula is C28H24FN3O3. The molecule has 3 amide bonds. The van der Waals surface area contributed by atoms with Crippen LogP contribution in [0.25, 0.3) is 0 Å². The maximum atomic E-state index is 14.2. The second-order valence-corrected chi connectivity index (χ2v) is 9.53. The number of carbonyl (C=O) groups is 3. The number of fused-ring (bicyclic) bond motifs is 4. The van der Waals surface area contributed by atoms with Crippen LogP contribution >= 0.6 is 0 Å². The van der Waals surface area contributed by atoms with E-state index in [1.54, 1.807) is 17.0 Å². The lowest BCUT2D eigenvalue weighted by Crippen LogP contribution is -2.54. The van der Waals surface area contributed by atoms with Crippen molar-refractivity contribution in [2.24, 2.45) is 11.8 Å². The Labute approximate surface area is 202 Å². The Kier molecular flexibility index (Phi) is 4.86. The first kappa shape index (κ1) is 21.7. The Hall–Kier alpha value is -3.84. The van der Waals surface area contributed by atoms with E-state index in [2.05, 4.69) is 5.32 Å². The number of rotatable bonds is 4. The summed E-state index contributed by atoms with van der Waals surface area (Å²) in [5, 5.41) is 3.39. The van der Waals surface area contributed by atoms with Gasteiger partial charge < -0.3 is 4.90 Å². The molecule has 35 heavy (non-hydrogen) atoms. The van der Waals surface area contributed by atoms with Gasteiger partial charge in [0.05, 0.1) is 24.9 Å². The molecule has 6 rings (SSSR count). The van der Waals surface area contributed by atoms with Crippen molar-refractivity contribution in [3.8, 4) is 0 Å². The standard InChI is InChI=1S/C28H24FN3O3/c1-17-23-24(26(34)32(25(23)33)16-18-7-3-2-4-8-18)28(30-17)21-9-5-6-10-22(21)31(27(28)35)15-19-11-13-20(29)14-12-19/h2-14,17,23-24,30H,15-16H2,1H3/t17-,23-,24-,28-/m0/s1. The fourth-order valence-corrected chi connectivity index (χ4v) is 6.02. The van der Waals surface area contributed by atoms with Gasteiger partial charge in [-0.05, 0) is 36.2 Å². The van der Waals surface area contributed by atoms with E-state index >= 15 is 0 Å². The molecule has 3 aliphatic rings. The van der Waals surface area contributed by atoms with Gasteiger partial charge in [0.25, 0.3) is 5.91 Å². The molecule has 2 saturated heterocycles. The minimum Gasteiger partial charge on any atom is -0.306 e. The van der Waals surface area contributed by atoms with E-state index in [0.717, 1.165) is 11.1 Å². The highest BCUT2D eigenvalue weighted by Gasteiger charge is 2.70. The van der Waals surface area contributed by atoms with Crippen LogP contribution in [0.2, 0.25) is 0 Å². The van der Waals surface area contributed by atoms with E-state index < -0.39 is 17.4 Å². The summed E-state index contributed by atoms with van der Waals surface area (Å²) in [6.45, 7) is 2.28. The molecule has 0 bridgehead atoms. The first-order chi connectivity index (χ1) is 16.9. The minimum atomic E-state index is -1.32. The highest BCUT2D eigenvalue weighted by molar-refractivity contribution is 6.16. The summed E-state index contributed by atoms with van der Waals surface area (Å²) in [6.07, 6.45) is 0. The van der Waals surface area contributed by atoms with Crippen LogP contribution in [0.3, 0.4) is 0 Å². The molecule has 0 unspecified atom stereocenters. The Morgan fingerprint density at radius 3 is 2.17 bits per heavy atom. The molecule has 0 saturated carbocycles. The fraction of sp³-hybridized carbons (Fsp3) is 0.250. The van der Waals surface area contributed by atoms with E-state index in [1.165, 1.54) is 17.0 Å². The first-order valence-corrected chi connectivity index (χ1v) is 11.7. The monoisotopic (exact) mass is 469 g/mol. The number of anilines is 1. The van der Waals surface area contributed by atoms with Gasteiger partial charge in [0.15, 0.2) is 0 Å². The summed E-state index contributed by atoms with van der Waals surface area (Å²) >= 11 is 0. The normalized spacial score (nSPS) is 27.1. The number of hydrogen-bond acceptors (Lipinski definition) is 4. The summed E-state index contributed by atoms with van der Waals surface area (Å²) < 4.78 is 13.5. The number of nitrogens with one attached hydrogen (secondary N) is 1. The molecule has 3 aromatic carbocycles. The SMILES string of the molecule is C[C@@H]1N[C@]2(C(=O)N(Cc3ccc(F)cc3)c3ccccc32)[C@@H]2C(=O)N(Cc3ccccc3)C(=O)[C@@H]12. The van der Waals surface area contributed by atoms with Crippen molar-refractivity contribution in [2.45, 2.75) is 31.6 Å². The van der Waals surface area contributed by atoms with E-state index in [0.29, 0.717) is 11.3 Å². The number of imide groups is 1. The quantitative estimate of drug-likeness (QED) is 0.595. The van der Waals surface area contributed by atoms with Crippen LogP contribution < -0.4 is 10.2 Å². The van der Waals surface area contributed by atoms with Gasteiger partial charge in [-0.1, -0.05) is 60.7 Å². The highest BCUT2D eigenvalue weighted by Crippen LogP contribution is 2.54. The lowest BCUT2D eigenvalue weighted by molar-refractivity contribution is -0.143. The van der Waals surface area contributed by atoms with Gasteiger partial charge in [0.1, 0.15) is 11.4 Å². The molecule has 0 aromatic heterocycles. The number of carbonyl (C=O) groups excluding carboxylic acids is 3. The molecule has 0 aliphatic carbocycles. The van der Waals surface area contributed by atoms with Crippen LogP contribution in [0, 0.1) is 17.7 Å². The highest BCUT2D eigenvalue weighted by atomic mass is 19.1. The predicted octanol–water partition coefficient (Wildman–Crippen LogP) is 3.36. The maximum absolute atomic E-state index is 14.2. The van der Waals surface area contributed by atoms with Crippen molar-refractivity contribution < 1.29 is 18.8 Å². The Morgan fingerprint density at radius 1 is 0.800 bits per heavy atom. The topological polar surface area (TPSA) is 69.7 Å². The first-order valence-electron chi connectivity index (χ1n) is 11.7. The van der Waals surface area contributed by atoms with Gasteiger partial charge in [-0.2, -0.15) is 0 Å². The van der Waals surface area contributed by atoms with Crippen LogP contribution in [0.4, 0.5) is 10.1 Å². The van der Waals surface area contributed by atoms with E-state index in [4.69, 9.17) is 0 Å². The van der Waals surface area contributed by atoms with Gasteiger partial charge in [-0.3, -0.25) is 24.6 Å². The number of nitrogens with zero attached hydrogens (tertiary/aromatic N) is 2. The van der Waals surface area contributed by atoms with Crippen LogP contribution in [0.5, 0.6) is 0 Å². The van der Waals surface area contributed by atoms with Crippen molar-refractivity contribution in [3.05, 3.63) is 101 Å². The van der Waals surface area contributed by atoms with Crippen molar-refractivity contribution in [1.29, 1.82) is 0 Å². The van der Waals surface area contributed by atoms with Crippen LogP contribution in [0.15, 0.2) is 78.9 Å². The summed E-state index contributed by atoms with van der Waals surface area (Å²) in [5.41, 5.74) is 1.71. The third kappa shape index (κ3) is 3.08. The third-order valence-corrected chi connectivity index (χ3v) is 7.54. The zero-order valence-electron chi connectivity index (χ0n) is 19.1. The molecule has 3 aromatic rings. The minimum absolute atomic E-state index is 0.184. The van der Waals surface area contributed by atoms with Gasteiger partial charge >= 0.3 is 0 Å². The molecular weight excluding hydrogens is 445 g/mol. The molecule has 2 fully saturated rings. The van der Waals surface area contributed by atoms with Crippen LogP contribution in [-0.2, 0) is 33.0 Å². The molecule has 3 aliphatic heterocycles. The maximum Gasteiger partial charge on any atom is 0.253 e. The van der Waals surface area contributed by atoms with Crippen molar-refractivity contribution in [1.82, 2.24) is 10.2 Å². The predicted molar refractivity (Wildman–Crippen MR) is 127 cm³/mol. The van der Waals surface area contributed by atoms with Crippen LogP contribution in [-0.4, -0.2) is 28.7 Å². The average molecular weight is 470 g/mol. The lowest BCUT2D eigenvalue weighted by atomic mass is 9.76. The molecule has 7 heteroatoms. The molecule has 1 N–H and O–H groups in total. The van der Waals surface area contributed by atoms with E-state index in [1.807, 2.05) is 61.5 Å². The zero-order chi connectivity index (χ0) is 24.3. The summed E-state index contributed by atoms with van der Waals surface area (Å²) in [5.74, 6) is -2.64. The Balaban J connectivity index is 1.41. The number of para-hydroxylation sites is 1. The van der Waals surface area contributed by atoms with E-state index in [-0.39, 0.29) is 42.7 Å².